The average Bonchev–Trinajstić information content (AvgIpc) is 1.65. The summed E-state index contributed by atoms with van der Waals surface area (Å²) in [5, 5.41) is 1.67. The minimum absolute atomic E-state index is 0.359. The van der Waals surface area contributed by atoms with E-state index in [1.54, 1.807) is 11.4 Å². The van der Waals surface area contributed by atoms with Crippen molar-refractivity contribution >= 4 is 40.2 Å². The van der Waals surface area contributed by atoms with Gasteiger partial charge in [0, 0.05) is 0 Å². The molecule has 0 spiro atoms. The molecule has 0 rings (SSSR count). The first kappa shape index (κ1) is 6.56. The van der Waals surface area contributed by atoms with E-state index in [9.17, 15) is 0 Å². The smallest absolute Gasteiger partial charge is 0.0569 e. The van der Waals surface area contributed by atoms with Crippen LogP contribution >= 0.6 is 34.8 Å². The van der Waals surface area contributed by atoms with Gasteiger partial charge in [-0.2, -0.15) is 0 Å². The average molecular weight is 212 g/mol. The van der Waals surface area contributed by atoms with Gasteiger partial charge in [0.25, 0.3) is 0 Å². The Hall–Kier alpha value is 0.560. The zero-order chi connectivity index (χ0) is 4.99. The number of hydrogen-bond acceptors (Lipinski definition) is 1. The molecule has 0 nitrogen and oxygen atoms in total. The number of allylic oxidation sites excluding steroid dienone is 1. The van der Waals surface area contributed by atoms with Crippen LogP contribution in [0.5, 0.6) is 0 Å². The summed E-state index contributed by atoms with van der Waals surface area (Å²) in [6.45, 7) is 3.53. The quantitative estimate of drug-likeness (QED) is 0.292. The number of thiocarbonyl (C=S) groups is 1. The molecule has 0 saturated heterocycles. The highest BCUT2D eigenvalue weighted by Gasteiger charge is 1.83. The maximum atomic E-state index is 4.57. The van der Waals surface area contributed by atoms with Gasteiger partial charge in [-0.25, -0.2) is 0 Å². The lowest BCUT2D eigenvalue weighted by atomic mass is 10.5. The summed E-state index contributed by atoms with van der Waals surface area (Å²) >= 11 is 6.76. The predicted octanol–water partition coefficient (Wildman–Crippen LogP) is 1.98. The Morgan fingerprint density at radius 3 is 2.33 bits per heavy atom. The van der Waals surface area contributed by atoms with Crippen LogP contribution in [0.3, 0.4) is 0 Å². The van der Waals surface area contributed by atoms with E-state index >= 15 is 0 Å². The van der Waals surface area contributed by atoms with Gasteiger partial charge in [0.1, 0.15) is 0 Å². The molecule has 0 aromatic rings. The lowest BCUT2D eigenvalue weighted by molar-refractivity contribution is 1.69. The second-order valence-electron chi connectivity index (χ2n) is 0.816. The number of halogens is 1. The first-order chi connectivity index (χ1) is 2.81. The van der Waals surface area contributed by atoms with Gasteiger partial charge in [0.15, 0.2) is 0 Å². The molecule has 0 amide bonds. The number of hydrogen-bond donors (Lipinski definition) is 0. The van der Waals surface area contributed by atoms with Gasteiger partial charge < -0.3 is 0 Å². The number of alkyl halides is 1. The van der Waals surface area contributed by atoms with E-state index in [0.717, 1.165) is 0 Å². The van der Waals surface area contributed by atoms with Crippen LogP contribution in [0, 0.1) is 0 Å². The second kappa shape index (κ2) is 3.74. The molecule has 0 N–H and O–H groups in total. The van der Waals surface area contributed by atoms with Crippen LogP contribution in [-0.2, 0) is 0 Å². The first-order valence-corrected chi connectivity index (χ1v) is 3.25. The third-order valence-electron chi connectivity index (χ3n) is 0.355. The highest BCUT2D eigenvalue weighted by atomic mass is 127. The third-order valence-corrected chi connectivity index (χ3v) is 2.00. The van der Waals surface area contributed by atoms with Crippen LogP contribution < -0.4 is 0 Å². The summed E-state index contributed by atoms with van der Waals surface area (Å²) in [5.74, 6) is 0. The molecule has 0 saturated carbocycles. The molecular weight excluding hydrogens is 207 g/mol. The fourth-order valence-electron chi connectivity index (χ4n) is 0.0556. The number of rotatable bonds is 2. The Balaban J connectivity index is 3.21. The Labute approximate surface area is 56.8 Å². The SMILES string of the molecule is C=CC(I)C=S. The summed E-state index contributed by atoms with van der Waals surface area (Å²) in [5.41, 5.74) is 0. The molecule has 0 aromatic heterocycles. The largest absolute Gasteiger partial charge is 0.102 e. The van der Waals surface area contributed by atoms with E-state index in [2.05, 4.69) is 41.4 Å². The molecule has 0 aromatic carbocycles. The van der Waals surface area contributed by atoms with E-state index in [4.69, 9.17) is 0 Å². The van der Waals surface area contributed by atoms with E-state index in [-0.39, 0.29) is 0 Å². The summed E-state index contributed by atoms with van der Waals surface area (Å²) in [4.78, 5) is 0. The summed E-state index contributed by atoms with van der Waals surface area (Å²) in [7, 11) is 0. The van der Waals surface area contributed by atoms with Crippen LogP contribution in [-0.4, -0.2) is 9.29 Å². The molecule has 2 heteroatoms. The van der Waals surface area contributed by atoms with Gasteiger partial charge in [-0.15, -0.1) is 6.58 Å². The van der Waals surface area contributed by atoms with Crippen molar-refractivity contribution in [3.05, 3.63) is 12.7 Å². The second-order valence-corrected chi connectivity index (χ2v) is 2.53. The van der Waals surface area contributed by atoms with Crippen molar-refractivity contribution in [3.63, 3.8) is 0 Å². The minimum Gasteiger partial charge on any atom is -0.102 e. The van der Waals surface area contributed by atoms with Crippen LogP contribution in [0.25, 0.3) is 0 Å². The van der Waals surface area contributed by atoms with Crippen LogP contribution in [0.15, 0.2) is 12.7 Å². The van der Waals surface area contributed by atoms with Gasteiger partial charge in [-0.3, -0.25) is 0 Å². The summed E-state index contributed by atoms with van der Waals surface area (Å²) in [6.07, 6.45) is 1.80. The zero-order valence-electron chi connectivity index (χ0n) is 3.23. The lowest BCUT2D eigenvalue weighted by Crippen LogP contribution is -1.86. The molecule has 0 bridgehead atoms. The molecule has 34 valence electrons. The van der Waals surface area contributed by atoms with E-state index in [1.165, 1.54) is 0 Å². The predicted molar refractivity (Wildman–Crippen MR) is 41.7 cm³/mol. The molecule has 0 aliphatic carbocycles. The van der Waals surface area contributed by atoms with Gasteiger partial charge in [0.05, 0.1) is 3.92 Å². The van der Waals surface area contributed by atoms with Gasteiger partial charge in [0.2, 0.25) is 0 Å². The Morgan fingerprint density at radius 2 is 2.33 bits per heavy atom. The fourth-order valence-corrected chi connectivity index (χ4v) is 0.167. The van der Waals surface area contributed by atoms with Crippen molar-refractivity contribution in [2.75, 3.05) is 0 Å². The Bertz CT molecular complexity index is 52.6. The van der Waals surface area contributed by atoms with Crippen molar-refractivity contribution in [1.29, 1.82) is 0 Å². The van der Waals surface area contributed by atoms with Crippen molar-refractivity contribution in [1.82, 2.24) is 0 Å². The molecule has 0 radical (unpaired) electrons. The van der Waals surface area contributed by atoms with Crippen molar-refractivity contribution in [2.24, 2.45) is 0 Å². The van der Waals surface area contributed by atoms with Crippen molar-refractivity contribution in [3.8, 4) is 0 Å². The minimum atomic E-state index is 0.359. The summed E-state index contributed by atoms with van der Waals surface area (Å²) < 4.78 is 0.359. The molecule has 0 heterocycles. The molecule has 0 aliphatic heterocycles. The Morgan fingerprint density at radius 1 is 1.83 bits per heavy atom. The van der Waals surface area contributed by atoms with Crippen molar-refractivity contribution < 1.29 is 0 Å². The fraction of sp³-hybridized carbons (Fsp3) is 0.250. The third kappa shape index (κ3) is 2.78. The first-order valence-electron chi connectivity index (χ1n) is 1.53. The van der Waals surface area contributed by atoms with Crippen LogP contribution in [0.2, 0.25) is 0 Å². The molecule has 1 unspecified atom stereocenters. The van der Waals surface area contributed by atoms with E-state index in [1.807, 2.05) is 0 Å². The van der Waals surface area contributed by atoms with E-state index < -0.39 is 0 Å². The maximum Gasteiger partial charge on any atom is 0.0569 e. The Kier molecular flexibility index (Phi) is 4.09. The normalized spacial score (nSPS) is 12.8. The monoisotopic (exact) mass is 212 g/mol. The highest BCUT2D eigenvalue weighted by Crippen LogP contribution is 1.95. The van der Waals surface area contributed by atoms with Gasteiger partial charge >= 0.3 is 0 Å². The zero-order valence-corrected chi connectivity index (χ0v) is 6.20. The van der Waals surface area contributed by atoms with Gasteiger partial charge in [-0.05, 0) is 5.37 Å². The van der Waals surface area contributed by atoms with Crippen LogP contribution in [0.4, 0.5) is 0 Å². The molecule has 0 aliphatic rings. The molecule has 0 fully saturated rings. The van der Waals surface area contributed by atoms with E-state index in [0.29, 0.717) is 3.92 Å². The molecule has 6 heavy (non-hydrogen) atoms. The lowest BCUT2D eigenvalue weighted by Gasteiger charge is -1.84. The van der Waals surface area contributed by atoms with Crippen molar-refractivity contribution in [2.45, 2.75) is 3.92 Å². The molecule has 1 atom stereocenters. The maximum absolute atomic E-state index is 4.57. The summed E-state index contributed by atoms with van der Waals surface area (Å²) in [6, 6.07) is 0. The highest BCUT2D eigenvalue weighted by molar-refractivity contribution is 14.1. The van der Waals surface area contributed by atoms with Crippen LogP contribution in [0.1, 0.15) is 0 Å². The molecular formula is C4H5IS. The van der Waals surface area contributed by atoms with Gasteiger partial charge in [-0.1, -0.05) is 40.9 Å². The topological polar surface area (TPSA) is 0 Å². The standard InChI is InChI=1S/C4H5IS/c1-2-4(5)3-6/h2-4H,1H2.